The molecule has 1 aromatic carbocycles. The lowest BCUT2D eigenvalue weighted by molar-refractivity contribution is 0.0213. The number of aromatic amines is 1. The van der Waals surface area contributed by atoms with Gasteiger partial charge in [0.05, 0.1) is 18.7 Å². The van der Waals surface area contributed by atoms with Gasteiger partial charge in [0.15, 0.2) is 5.69 Å². The van der Waals surface area contributed by atoms with E-state index in [1.807, 2.05) is 0 Å². The second-order valence-electron chi connectivity index (χ2n) is 8.01. The molecule has 0 radical (unpaired) electrons. The fraction of sp³-hybridized carbons (Fsp3) is 0.348. The molecule has 2 aromatic rings. The molecule has 1 heterocycles. The third kappa shape index (κ3) is 6.52. The largest absolute Gasteiger partial charge is 0.464 e. The van der Waals surface area contributed by atoms with Crippen LogP contribution in [0.5, 0.6) is 5.75 Å². The number of nitrogens with zero attached hydrogens (tertiary/aromatic N) is 2. The Labute approximate surface area is 191 Å². The first-order valence-corrected chi connectivity index (χ1v) is 10.0. The van der Waals surface area contributed by atoms with E-state index in [9.17, 15) is 19.2 Å². The summed E-state index contributed by atoms with van der Waals surface area (Å²) in [6.45, 7) is 8.81. The van der Waals surface area contributed by atoms with Gasteiger partial charge in [0.2, 0.25) is 5.75 Å². The number of nitrogens with one attached hydrogen (secondary N) is 1. The maximum Gasteiger partial charge on any atom is 0.410 e. The Morgan fingerprint density at radius 3 is 2.36 bits per heavy atom. The summed E-state index contributed by atoms with van der Waals surface area (Å²) in [4.78, 5) is 58.1. The normalized spacial score (nSPS) is 11.8. The predicted molar refractivity (Wildman–Crippen MR) is 119 cm³/mol. The van der Waals surface area contributed by atoms with Crippen molar-refractivity contribution in [1.82, 2.24) is 14.9 Å². The van der Waals surface area contributed by atoms with Crippen molar-refractivity contribution >= 4 is 18.0 Å². The van der Waals surface area contributed by atoms with Gasteiger partial charge in [0.1, 0.15) is 11.4 Å². The van der Waals surface area contributed by atoms with Gasteiger partial charge in [-0.2, -0.15) is 0 Å². The number of hydrogen-bond acceptors (Lipinski definition) is 8. The Hall–Kier alpha value is -3.95. The predicted octanol–water partition coefficient (Wildman–Crippen LogP) is 3.26. The molecule has 176 valence electrons. The number of carbonyl (C=O) groups excluding carboxylic acids is 3. The Bertz CT molecular complexity index is 1090. The minimum absolute atomic E-state index is 0.0341. The van der Waals surface area contributed by atoms with E-state index in [4.69, 9.17) is 14.2 Å². The van der Waals surface area contributed by atoms with E-state index < -0.39 is 46.7 Å². The Morgan fingerprint density at radius 1 is 1.18 bits per heavy atom. The Morgan fingerprint density at radius 2 is 1.82 bits per heavy atom. The lowest BCUT2D eigenvalue weighted by Crippen LogP contribution is -2.38. The van der Waals surface area contributed by atoms with Crippen LogP contribution in [0, 0.1) is 0 Å². The van der Waals surface area contributed by atoms with Crippen molar-refractivity contribution < 1.29 is 28.6 Å². The third-order valence-electron chi connectivity index (χ3n) is 4.33. The van der Waals surface area contributed by atoms with Crippen LogP contribution < -0.4 is 10.3 Å². The second kappa shape index (κ2) is 10.6. The smallest absolute Gasteiger partial charge is 0.410 e. The second-order valence-corrected chi connectivity index (χ2v) is 8.01. The van der Waals surface area contributed by atoms with Crippen molar-refractivity contribution in [3.63, 3.8) is 0 Å². The number of amides is 1. The van der Waals surface area contributed by atoms with Crippen LogP contribution in [0.1, 0.15) is 59.9 Å². The molecule has 10 nitrogen and oxygen atoms in total. The highest BCUT2D eigenvalue weighted by molar-refractivity contribution is 5.94. The van der Waals surface area contributed by atoms with E-state index in [1.54, 1.807) is 39.0 Å². The summed E-state index contributed by atoms with van der Waals surface area (Å²) in [6.07, 6.45) is 1.03. The molecule has 1 atom stereocenters. The van der Waals surface area contributed by atoms with E-state index in [2.05, 4.69) is 16.5 Å². The first-order valence-electron chi connectivity index (χ1n) is 10.0. The number of benzene rings is 1. The molecule has 0 bridgehead atoms. The van der Waals surface area contributed by atoms with Gasteiger partial charge in [-0.25, -0.2) is 19.4 Å². The van der Waals surface area contributed by atoms with Gasteiger partial charge < -0.3 is 24.1 Å². The van der Waals surface area contributed by atoms with Gasteiger partial charge in [-0.3, -0.25) is 4.79 Å². The number of rotatable bonds is 7. The molecule has 1 N–H and O–H groups in total. The van der Waals surface area contributed by atoms with Crippen molar-refractivity contribution in [2.24, 2.45) is 0 Å². The molecule has 0 aliphatic carbocycles. The fourth-order valence-corrected chi connectivity index (χ4v) is 2.77. The van der Waals surface area contributed by atoms with Crippen LogP contribution in [-0.4, -0.2) is 52.7 Å². The standard InChI is InChI=1S/C23H27N3O7/c1-7-11-15(26(5)22(30)33-23(2,3)4)18-24-16(21(29)31-6)17(19(27)25-18)32-20(28)14-12-9-8-10-13-14/h7-10,12-13,15H,1,11H2,2-6H3,(H,24,25,27). The molecule has 1 aromatic heterocycles. The van der Waals surface area contributed by atoms with E-state index >= 15 is 0 Å². The van der Waals surface area contributed by atoms with Gasteiger partial charge in [-0.1, -0.05) is 24.3 Å². The number of ether oxygens (including phenoxy) is 3. The van der Waals surface area contributed by atoms with Crippen molar-refractivity contribution in [3.8, 4) is 5.75 Å². The van der Waals surface area contributed by atoms with Gasteiger partial charge >= 0.3 is 18.0 Å². The monoisotopic (exact) mass is 457 g/mol. The first-order chi connectivity index (χ1) is 15.5. The van der Waals surface area contributed by atoms with Gasteiger partial charge in [-0.15, -0.1) is 6.58 Å². The maximum atomic E-state index is 12.8. The molecular weight excluding hydrogens is 430 g/mol. The Balaban J connectivity index is 2.51. The SMILES string of the molecule is C=CCC(c1nc(C(=O)OC)c(OC(=O)c2ccccc2)c(=O)[nH]1)N(C)C(=O)OC(C)(C)C. The molecule has 0 aliphatic heterocycles. The highest BCUT2D eigenvalue weighted by Gasteiger charge is 2.30. The molecule has 10 heteroatoms. The van der Waals surface area contributed by atoms with E-state index in [-0.39, 0.29) is 17.8 Å². The van der Waals surface area contributed by atoms with Crippen molar-refractivity contribution in [2.75, 3.05) is 14.2 Å². The molecule has 1 unspecified atom stereocenters. The maximum absolute atomic E-state index is 12.8. The average molecular weight is 457 g/mol. The van der Waals surface area contributed by atoms with Gasteiger partial charge in [0.25, 0.3) is 5.56 Å². The number of hydrogen-bond donors (Lipinski definition) is 1. The number of methoxy groups -OCH3 is 1. The van der Waals surface area contributed by atoms with E-state index in [0.29, 0.717) is 0 Å². The summed E-state index contributed by atoms with van der Waals surface area (Å²) in [5.41, 5.74) is -1.98. The summed E-state index contributed by atoms with van der Waals surface area (Å²) >= 11 is 0. The number of carbonyl (C=O) groups is 3. The lowest BCUT2D eigenvalue weighted by Gasteiger charge is -2.29. The Kier molecular flexibility index (Phi) is 8.11. The topological polar surface area (TPSA) is 128 Å². The highest BCUT2D eigenvalue weighted by atomic mass is 16.6. The van der Waals surface area contributed by atoms with E-state index in [0.717, 1.165) is 7.11 Å². The van der Waals surface area contributed by atoms with Crippen molar-refractivity contribution in [2.45, 2.75) is 38.8 Å². The number of aromatic nitrogens is 2. The summed E-state index contributed by atoms with van der Waals surface area (Å²) in [7, 11) is 2.56. The van der Waals surface area contributed by atoms with Crippen LogP contribution >= 0.6 is 0 Å². The summed E-state index contributed by atoms with van der Waals surface area (Å²) in [5.74, 6) is -2.49. The van der Waals surface area contributed by atoms with Crippen molar-refractivity contribution in [1.29, 1.82) is 0 Å². The molecule has 1 amide bonds. The van der Waals surface area contributed by atoms with Crippen LogP contribution in [0.4, 0.5) is 4.79 Å². The quantitative estimate of drug-likeness (QED) is 0.496. The summed E-state index contributed by atoms with van der Waals surface area (Å²) in [6, 6.07) is 7.11. The molecule has 33 heavy (non-hydrogen) atoms. The molecular formula is C23H27N3O7. The highest BCUT2D eigenvalue weighted by Crippen LogP contribution is 2.24. The zero-order valence-electron chi connectivity index (χ0n) is 19.2. The van der Waals surface area contributed by atoms with E-state index in [1.165, 1.54) is 30.2 Å². The zero-order chi connectivity index (χ0) is 24.8. The van der Waals surface area contributed by atoms with Crippen LogP contribution in [0.2, 0.25) is 0 Å². The molecule has 0 aliphatic rings. The molecule has 0 spiro atoms. The van der Waals surface area contributed by atoms with Crippen LogP contribution in [0.15, 0.2) is 47.8 Å². The van der Waals surface area contributed by atoms with Crippen LogP contribution in [-0.2, 0) is 9.47 Å². The molecule has 0 fully saturated rings. The molecule has 2 rings (SSSR count). The van der Waals surface area contributed by atoms with Crippen LogP contribution in [0.25, 0.3) is 0 Å². The zero-order valence-corrected chi connectivity index (χ0v) is 19.2. The fourth-order valence-electron chi connectivity index (χ4n) is 2.77. The molecule has 0 saturated carbocycles. The number of H-pyrrole nitrogens is 1. The summed E-state index contributed by atoms with van der Waals surface area (Å²) < 4.78 is 15.3. The minimum atomic E-state index is -0.990. The lowest BCUT2D eigenvalue weighted by atomic mass is 10.1. The van der Waals surface area contributed by atoms with Gasteiger partial charge in [0, 0.05) is 7.05 Å². The first kappa shape index (κ1) is 25.3. The minimum Gasteiger partial charge on any atom is -0.464 e. The van der Waals surface area contributed by atoms with Gasteiger partial charge in [-0.05, 0) is 39.3 Å². The third-order valence-corrected chi connectivity index (χ3v) is 4.33. The average Bonchev–Trinajstić information content (AvgIpc) is 2.77. The number of esters is 2. The summed E-state index contributed by atoms with van der Waals surface area (Å²) in [5, 5.41) is 0. The van der Waals surface area contributed by atoms with Crippen LogP contribution in [0.3, 0.4) is 0 Å². The molecule has 0 saturated heterocycles. The van der Waals surface area contributed by atoms with Crippen molar-refractivity contribution in [3.05, 3.63) is 70.4 Å².